The predicted octanol–water partition coefficient (Wildman–Crippen LogP) is 4.49. The topological polar surface area (TPSA) is 94.0 Å². The highest BCUT2D eigenvalue weighted by Gasteiger charge is 2.21. The van der Waals surface area contributed by atoms with Crippen LogP contribution in [0.4, 0.5) is 20.4 Å². The number of hydrogen-bond acceptors (Lipinski definition) is 8. The molecule has 0 saturated heterocycles. The lowest BCUT2D eigenvalue weighted by atomic mass is 10.0. The van der Waals surface area contributed by atoms with E-state index in [0.717, 1.165) is 18.0 Å². The van der Waals surface area contributed by atoms with E-state index < -0.39 is 22.8 Å². The highest BCUT2D eigenvalue weighted by Crippen LogP contribution is 2.35. The summed E-state index contributed by atoms with van der Waals surface area (Å²) in [6.45, 7) is 0. The molecule has 0 aliphatic rings. The van der Waals surface area contributed by atoms with E-state index in [1.807, 2.05) is 0 Å². The Morgan fingerprint density at radius 2 is 1.97 bits per heavy atom. The van der Waals surface area contributed by atoms with Crippen molar-refractivity contribution in [3.05, 3.63) is 63.7 Å². The third kappa shape index (κ3) is 4.29. The lowest BCUT2D eigenvalue weighted by Gasteiger charge is -2.14. The molecular formula is C21H17ClF2N6O2S. The number of ether oxygens (including phenoxy) is 1. The lowest BCUT2D eigenvalue weighted by Crippen LogP contribution is -2.21. The Kier molecular flexibility index (Phi) is 6.34. The van der Waals surface area contributed by atoms with Crippen molar-refractivity contribution >= 4 is 46.2 Å². The summed E-state index contributed by atoms with van der Waals surface area (Å²) in [5.74, 6) is -1.21. The number of rotatable bonds is 6. The third-order valence-electron chi connectivity index (χ3n) is 4.78. The molecule has 0 atom stereocenters. The van der Waals surface area contributed by atoms with Crippen LogP contribution in [-0.4, -0.2) is 33.7 Å². The Hall–Kier alpha value is -3.44. The standard InChI is InChI=1S/C21H17ClF2N6O2S/c1-25-21-27-8-10-6-12(20(31)30(2)18(10)28-21)16-13(23)4-5-14(17(16)24)29-33-15-7-11(22)9-26-19(15)32-3/h4-9,29H,1-3H3,(H,25,27,28). The zero-order valence-electron chi connectivity index (χ0n) is 17.6. The zero-order chi connectivity index (χ0) is 23.7. The minimum absolute atomic E-state index is 0.0395. The number of benzene rings is 1. The molecule has 0 amide bonds. The first-order chi connectivity index (χ1) is 15.8. The van der Waals surface area contributed by atoms with E-state index >= 15 is 4.39 Å². The van der Waals surface area contributed by atoms with Crippen LogP contribution in [0.25, 0.3) is 22.2 Å². The quantitative estimate of drug-likeness (QED) is 0.382. The fraction of sp³-hybridized carbons (Fsp3) is 0.143. The van der Waals surface area contributed by atoms with Crippen molar-refractivity contribution < 1.29 is 13.5 Å². The molecule has 0 spiro atoms. The fourth-order valence-corrected chi connectivity index (χ4v) is 4.18. The maximum atomic E-state index is 15.4. The van der Waals surface area contributed by atoms with Crippen LogP contribution in [0, 0.1) is 11.6 Å². The van der Waals surface area contributed by atoms with Crippen molar-refractivity contribution in [3.8, 4) is 17.0 Å². The molecule has 0 unspecified atom stereocenters. The van der Waals surface area contributed by atoms with Crippen molar-refractivity contribution in [1.29, 1.82) is 0 Å². The summed E-state index contributed by atoms with van der Waals surface area (Å²) >= 11 is 6.96. The minimum Gasteiger partial charge on any atom is -0.480 e. The Morgan fingerprint density at radius 1 is 1.18 bits per heavy atom. The van der Waals surface area contributed by atoms with E-state index in [4.69, 9.17) is 16.3 Å². The SMILES string of the molecule is CNc1ncc2cc(-c3c(F)ccc(NSc4cc(Cl)cnc4OC)c3F)c(=O)n(C)c2n1. The number of aromatic nitrogens is 4. The average Bonchev–Trinajstić information content (AvgIpc) is 2.81. The number of halogens is 3. The van der Waals surface area contributed by atoms with E-state index in [-0.39, 0.29) is 17.1 Å². The molecule has 4 rings (SSSR count). The van der Waals surface area contributed by atoms with Crippen molar-refractivity contribution in [3.63, 3.8) is 0 Å². The Balaban J connectivity index is 1.78. The van der Waals surface area contributed by atoms with Crippen LogP contribution in [0.2, 0.25) is 5.02 Å². The molecule has 170 valence electrons. The third-order valence-corrected chi connectivity index (χ3v) is 5.82. The van der Waals surface area contributed by atoms with Gasteiger partial charge in [0.15, 0.2) is 5.82 Å². The second-order valence-corrected chi connectivity index (χ2v) is 8.08. The number of aryl methyl sites for hydroxylation is 1. The number of nitrogens with zero attached hydrogens (tertiary/aromatic N) is 4. The van der Waals surface area contributed by atoms with E-state index in [1.165, 1.54) is 43.3 Å². The monoisotopic (exact) mass is 490 g/mol. The van der Waals surface area contributed by atoms with Crippen molar-refractivity contribution in [2.45, 2.75) is 4.90 Å². The van der Waals surface area contributed by atoms with Crippen LogP contribution in [0.3, 0.4) is 0 Å². The summed E-state index contributed by atoms with van der Waals surface area (Å²) in [6, 6.07) is 5.28. The van der Waals surface area contributed by atoms with Crippen LogP contribution in [0.15, 0.2) is 46.3 Å². The van der Waals surface area contributed by atoms with Gasteiger partial charge in [-0.15, -0.1) is 0 Å². The van der Waals surface area contributed by atoms with Gasteiger partial charge in [-0.25, -0.2) is 18.7 Å². The largest absolute Gasteiger partial charge is 0.480 e. The van der Waals surface area contributed by atoms with Crippen LogP contribution in [0.1, 0.15) is 0 Å². The second-order valence-electron chi connectivity index (χ2n) is 6.79. The fourth-order valence-electron chi connectivity index (χ4n) is 3.17. The normalized spacial score (nSPS) is 11.0. The van der Waals surface area contributed by atoms with Crippen molar-refractivity contribution in [2.24, 2.45) is 7.05 Å². The number of hydrogen-bond donors (Lipinski definition) is 2. The molecule has 2 N–H and O–H groups in total. The van der Waals surface area contributed by atoms with Crippen molar-refractivity contribution in [2.75, 3.05) is 24.2 Å². The second kappa shape index (κ2) is 9.20. The number of fused-ring (bicyclic) bond motifs is 1. The Labute approximate surface area is 196 Å². The molecule has 1 aromatic carbocycles. The van der Waals surface area contributed by atoms with E-state index in [1.54, 1.807) is 13.1 Å². The maximum Gasteiger partial charge on any atom is 0.260 e. The van der Waals surface area contributed by atoms with Gasteiger partial charge in [0.1, 0.15) is 11.5 Å². The molecule has 3 heterocycles. The van der Waals surface area contributed by atoms with Crippen molar-refractivity contribution in [1.82, 2.24) is 19.5 Å². The summed E-state index contributed by atoms with van der Waals surface area (Å²) in [4.78, 5) is 25.9. The Bertz CT molecular complexity index is 1430. The van der Waals surface area contributed by atoms with Crippen LogP contribution >= 0.6 is 23.5 Å². The van der Waals surface area contributed by atoms with E-state index in [0.29, 0.717) is 26.9 Å². The molecule has 4 aromatic rings. The van der Waals surface area contributed by atoms with Crippen LogP contribution < -0.4 is 20.3 Å². The smallest absolute Gasteiger partial charge is 0.260 e. The summed E-state index contributed by atoms with van der Waals surface area (Å²) in [5.41, 5.74) is -0.934. The van der Waals surface area contributed by atoms with Gasteiger partial charge in [0, 0.05) is 31.9 Å². The predicted molar refractivity (Wildman–Crippen MR) is 125 cm³/mol. The summed E-state index contributed by atoms with van der Waals surface area (Å²) < 4.78 is 39.4. The van der Waals surface area contributed by atoms with Gasteiger partial charge in [-0.05, 0) is 36.2 Å². The first kappa shape index (κ1) is 22.7. The molecule has 0 saturated carbocycles. The minimum atomic E-state index is -0.930. The van der Waals surface area contributed by atoms with Gasteiger partial charge in [0.05, 0.1) is 33.8 Å². The van der Waals surface area contributed by atoms with Gasteiger partial charge in [0.25, 0.3) is 5.56 Å². The summed E-state index contributed by atoms with van der Waals surface area (Å²) in [7, 11) is 4.56. The van der Waals surface area contributed by atoms with Crippen LogP contribution in [0.5, 0.6) is 5.88 Å². The zero-order valence-corrected chi connectivity index (χ0v) is 19.2. The molecule has 0 aliphatic heterocycles. The molecule has 8 nitrogen and oxygen atoms in total. The first-order valence-corrected chi connectivity index (χ1v) is 10.7. The molecule has 0 bridgehead atoms. The number of anilines is 2. The number of nitrogens with one attached hydrogen (secondary N) is 2. The van der Waals surface area contributed by atoms with Gasteiger partial charge in [-0.1, -0.05) is 11.6 Å². The molecule has 0 radical (unpaired) electrons. The molecular weight excluding hydrogens is 474 g/mol. The molecule has 0 aliphatic carbocycles. The van der Waals surface area contributed by atoms with Gasteiger partial charge >= 0.3 is 0 Å². The molecule has 33 heavy (non-hydrogen) atoms. The average molecular weight is 491 g/mol. The van der Waals surface area contributed by atoms with Gasteiger partial charge < -0.3 is 14.8 Å². The maximum absolute atomic E-state index is 15.4. The highest BCUT2D eigenvalue weighted by molar-refractivity contribution is 8.00. The highest BCUT2D eigenvalue weighted by atomic mass is 35.5. The molecule has 3 aromatic heterocycles. The Morgan fingerprint density at radius 3 is 2.70 bits per heavy atom. The summed E-state index contributed by atoms with van der Waals surface area (Å²) in [5, 5.41) is 3.60. The van der Waals surface area contributed by atoms with Gasteiger partial charge in [0.2, 0.25) is 11.8 Å². The van der Waals surface area contributed by atoms with Gasteiger partial charge in [-0.2, -0.15) is 4.98 Å². The number of methoxy groups -OCH3 is 1. The lowest BCUT2D eigenvalue weighted by molar-refractivity contribution is 0.387. The van der Waals surface area contributed by atoms with E-state index in [2.05, 4.69) is 25.0 Å². The van der Waals surface area contributed by atoms with Gasteiger partial charge in [-0.3, -0.25) is 9.36 Å². The first-order valence-electron chi connectivity index (χ1n) is 9.49. The van der Waals surface area contributed by atoms with E-state index in [9.17, 15) is 9.18 Å². The number of pyridine rings is 2. The van der Waals surface area contributed by atoms with Crippen LogP contribution in [-0.2, 0) is 7.05 Å². The molecule has 0 fully saturated rings. The summed E-state index contributed by atoms with van der Waals surface area (Å²) in [6.07, 6.45) is 2.89. The molecule has 12 heteroatoms.